The van der Waals surface area contributed by atoms with Gasteiger partial charge in [-0.05, 0) is 33.2 Å². The average molecular weight is 210 g/mol. The van der Waals surface area contributed by atoms with E-state index in [1.165, 1.54) is 45.2 Å². The maximum Gasteiger partial charge on any atom is 0.0309 e. The van der Waals surface area contributed by atoms with E-state index >= 15 is 0 Å². The first kappa shape index (κ1) is 11.4. The van der Waals surface area contributed by atoms with Gasteiger partial charge in [0, 0.05) is 24.2 Å². The van der Waals surface area contributed by atoms with Gasteiger partial charge in [0.2, 0.25) is 0 Å². The van der Waals surface area contributed by atoms with E-state index in [4.69, 9.17) is 0 Å². The van der Waals surface area contributed by atoms with Crippen molar-refractivity contribution in [2.45, 2.75) is 64.0 Å². The molecule has 88 valence electrons. The number of nitrogens with zero attached hydrogens (tertiary/aromatic N) is 1. The van der Waals surface area contributed by atoms with Gasteiger partial charge in [0.25, 0.3) is 0 Å². The summed E-state index contributed by atoms with van der Waals surface area (Å²) in [7, 11) is 0. The smallest absolute Gasteiger partial charge is 0.0309 e. The predicted molar refractivity (Wildman–Crippen MR) is 65.1 cm³/mol. The van der Waals surface area contributed by atoms with Crippen molar-refractivity contribution < 1.29 is 0 Å². The zero-order valence-electron chi connectivity index (χ0n) is 10.6. The second kappa shape index (κ2) is 4.06. The van der Waals surface area contributed by atoms with Crippen LogP contribution < -0.4 is 5.32 Å². The quantitative estimate of drug-likeness (QED) is 0.715. The number of likely N-dealkylation sites (N-methyl/N-ethyl adjacent to an activating group) is 1. The summed E-state index contributed by atoms with van der Waals surface area (Å²) in [5.41, 5.74) is 0.807. The summed E-state index contributed by atoms with van der Waals surface area (Å²) in [5.74, 6) is 0. The molecule has 0 atom stereocenters. The van der Waals surface area contributed by atoms with Gasteiger partial charge in [-0.25, -0.2) is 0 Å². The van der Waals surface area contributed by atoms with Gasteiger partial charge in [-0.15, -0.1) is 0 Å². The van der Waals surface area contributed by atoms with E-state index in [1.54, 1.807) is 0 Å². The Balaban J connectivity index is 2.06. The zero-order valence-corrected chi connectivity index (χ0v) is 10.6. The molecule has 0 unspecified atom stereocenters. The monoisotopic (exact) mass is 210 g/mol. The molecule has 0 aromatic rings. The van der Waals surface area contributed by atoms with Gasteiger partial charge in [-0.1, -0.05) is 26.2 Å². The normalized spacial score (nSPS) is 30.6. The Hall–Kier alpha value is -0.0800. The van der Waals surface area contributed by atoms with E-state index in [9.17, 15) is 0 Å². The van der Waals surface area contributed by atoms with Crippen molar-refractivity contribution in [3.63, 3.8) is 0 Å². The maximum atomic E-state index is 3.85. The summed E-state index contributed by atoms with van der Waals surface area (Å²) in [6.45, 7) is 10.6. The highest BCUT2D eigenvalue weighted by molar-refractivity contribution is 5.02. The fraction of sp³-hybridized carbons (Fsp3) is 1.00. The Morgan fingerprint density at radius 3 is 2.40 bits per heavy atom. The molecule has 0 amide bonds. The van der Waals surface area contributed by atoms with Crippen LogP contribution >= 0.6 is 0 Å². The summed E-state index contributed by atoms with van der Waals surface area (Å²) in [6, 6.07) is 0. The predicted octanol–water partition coefficient (Wildman–Crippen LogP) is 2.39. The molecule has 2 rings (SSSR count). The highest BCUT2D eigenvalue weighted by Gasteiger charge is 2.42. The van der Waals surface area contributed by atoms with Crippen LogP contribution in [0.1, 0.15) is 52.9 Å². The second-order valence-corrected chi connectivity index (χ2v) is 6.02. The standard InChI is InChI=1S/C13H26N2/c1-4-15-11-13(8-6-5-7-9-13)14-10-12(15,2)3/h14H,4-11H2,1-3H3. The molecule has 1 heterocycles. The van der Waals surface area contributed by atoms with Crippen molar-refractivity contribution in [3.8, 4) is 0 Å². The largest absolute Gasteiger partial charge is 0.308 e. The average Bonchev–Trinajstić information content (AvgIpc) is 2.24. The van der Waals surface area contributed by atoms with E-state index in [-0.39, 0.29) is 0 Å². The fourth-order valence-electron chi connectivity index (χ4n) is 3.25. The highest BCUT2D eigenvalue weighted by atomic mass is 15.3. The van der Waals surface area contributed by atoms with E-state index in [0.717, 1.165) is 6.54 Å². The first-order valence-electron chi connectivity index (χ1n) is 6.58. The maximum absolute atomic E-state index is 3.85. The fourth-order valence-corrected chi connectivity index (χ4v) is 3.25. The highest BCUT2D eigenvalue weighted by Crippen LogP contribution is 2.34. The van der Waals surface area contributed by atoms with Crippen molar-refractivity contribution >= 4 is 0 Å². The molecule has 2 aliphatic rings. The number of hydrogen-bond acceptors (Lipinski definition) is 2. The van der Waals surface area contributed by atoms with Crippen molar-refractivity contribution in [2.75, 3.05) is 19.6 Å². The minimum atomic E-state index is 0.345. The molecule has 2 heteroatoms. The summed E-state index contributed by atoms with van der Waals surface area (Å²) < 4.78 is 0. The Labute approximate surface area is 94.4 Å². The molecule has 1 spiro atoms. The van der Waals surface area contributed by atoms with Crippen LogP contribution in [0.25, 0.3) is 0 Å². The summed E-state index contributed by atoms with van der Waals surface area (Å²) in [6.07, 6.45) is 7.06. The van der Waals surface area contributed by atoms with Crippen molar-refractivity contribution in [3.05, 3.63) is 0 Å². The summed E-state index contributed by atoms with van der Waals surface area (Å²) in [5, 5.41) is 3.85. The van der Waals surface area contributed by atoms with Gasteiger partial charge in [0.1, 0.15) is 0 Å². The van der Waals surface area contributed by atoms with Crippen molar-refractivity contribution in [1.82, 2.24) is 10.2 Å². The van der Waals surface area contributed by atoms with Gasteiger partial charge in [0.05, 0.1) is 0 Å². The molecule has 1 saturated carbocycles. The summed E-state index contributed by atoms with van der Waals surface area (Å²) >= 11 is 0. The number of hydrogen-bond donors (Lipinski definition) is 1. The molecular weight excluding hydrogens is 184 g/mol. The van der Waals surface area contributed by atoms with Crippen LogP contribution in [-0.4, -0.2) is 35.6 Å². The summed E-state index contributed by atoms with van der Waals surface area (Å²) in [4.78, 5) is 2.66. The van der Waals surface area contributed by atoms with E-state index < -0.39 is 0 Å². The molecule has 0 bridgehead atoms. The minimum Gasteiger partial charge on any atom is -0.308 e. The van der Waals surface area contributed by atoms with Crippen LogP contribution in [0, 0.1) is 0 Å². The van der Waals surface area contributed by atoms with Gasteiger partial charge < -0.3 is 5.32 Å². The molecule has 2 nitrogen and oxygen atoms in total. The van der Waals surface area contributed by atoms with Crippen LogP contribution in [0.2, 0.25) is 0 Å². The molecule has 0 radical (unpaired) electrons. The minimum absolute atomic E-state index is 0.345. The molecule has 0 aromatic heterocycles. The SMILES string of the molecule is CCN1CC2(CCCCC2)NCC1(C)C. The molecule has 0 aromatic carbocycles. The van der Waals surface area contributed by atoms with Crippen molar-refractivity contribution in [2.24, 2.45) is 0 Å². The molecule has 1 N–H and O–H groups in total. The van der Waals surface area contributed by atoms with Crippen LogP contribution in [0.15, 0.2) is 0 Å². The third-order valence-corrected chi connectivity index (χ3v) is 4.44. The second-order valence-electron chi connectivity index (χ2n) is 6.02. The molecule has 1 aliphatic carbocycles. The number of piperazine rings is 1. The zero-order chi connectivity index (χ0) is 10.9. The molecule has 2 fully saturated rings. The van der Waals surface area contributed by atoms with Crippen molar-refractivity contribution in [1.29, 1.82) is 0 Å². The Morgan fingerprint density at radius 2 is 1.80 bits per heavy atom. The first-order chi connectivity index (χ1) is 7.08. The topological polar surface area (TPSA) is 15.3 Å². The van der Waals surface area contributed by atoms with Gasteiger partial charge in [0.15, 0.2) is 0 Å². The first-order valence-corrected chi connectivity index (χ1v) is 6.58. The lowest BCUT2D eigenvalue weighted by Gasteiger charge is -2.53. The number of nitrogens with one attached hydrogen (secondary N) is 1. The van der Waals surface area contributed by atoms with E-state index in [0.29, 0.717) is 11.1 Å². The number of rotatable bonds is 1. The van der Waals surface area contributed by atoms with E-state index in [1.807, 2.05) is 0 Å². The lowest BCUT2D eigenvalue weighted by molar-refractivity contribution is 0.0148. The lowest BCUT2D eigenvalue weighted by Crippen LogP contribution is -2.68. The van der Waals surface area contributed by atoms with Crippen LogP contribution in [0.5, 0.6) is 0 Å². The van der Waals surface area contributed by atoms with Gasteiger partial charge in [-0.3, -0.25) is 4.90 Å². The van der Waals surface area contributed by atoms with Gasteiger partial charge in [-0.2, -0.15) is 0 Å². The Kier molecular flexibility index (Phi) is 3.09. The molecule has 15 heavy (non-hydrogen) atoms. The van der Waals surface area contributed by atoms with Crippen LogP contribution in [-0.2, 0) is 0 Å². The van der Waals surface area contributed by atoms with Crippen LogP contribution in [0.3, 0.4) is 0 Å². The Morgan fingerprint density at radius 1 is 1.13 bits per heavy atom. The molecule has 1 saturated heterocycles. The third kappa shape index (κ3) is 2.21. The lowest BCUT2D eigenvalue weighted by atomic mass is 9.78. The van der Waals surface area contributed by atoms with Gasteiger partial charge >= 0.3 is 0 Å². The third-order valence-electron chi connectivity index (χ3n) is 4.44. The molecule has 1 aliphatic heterocycles. The van der Waals surface area contributed by atoms with Crippen LogP contribution in [0.4, 0.5) is 0 Å². The van der Waals surface area contributed by atoms with E-state index in [2.05, 4.69) is 31.0 Å². The molecular formula is C13H26N2. The Bertz CT molecular complexity index is 217.